The second-order valence-electron chi connectivity index (χ2n) is 3.32. The third-order valence-electron chi connectivity index (χ3n) is 0.666. The first-order valence-corrected chi connectivity index (χ1v) is 6.73. The number of thiol groups is 1. The van der Waals surface area contributed by atoms with E-state index in [9.17, 15) is 0 Å². The number of hydrogen-bond donors (Lipinski definition) is 2. The fourth-order valence-electron chi connectivity index (χ4n) is 0.278. The standard InChI is InChI=1S/C5H13O2PS2/c1-5(2,3)4-7-8(6,9)10/h4H2,1-3H3,(H2,6,9,10). The summed E-state index contributed by atoms with van der Waals surface area (Å²) in [5.74, 6) is 0. The van der Waals surface area contributed by atoms with Gasteiger partial charge in [0, 0.05) is 0 Å². The van der Waals surface area contributed by atoms with Crippen LogP contribution in [0.25, 0.3) is 0 Å². The van der Waals surface area contributed by atoms with Gasteiger partial charge in [0.05, 0.1) is 6.61 Å². The van der Waals surface area contributed by atoms with Crippen molar-refractivity contribution < 1.29 is 9.42 Å². The molecule has 0 rings (SSSR count). The van der Waals surface area contributed by atoms with Gasteiger partial charge in [0.25, 0.3) is 0 Å². The predicted molar refractivity (Wildman–Crippen MR) is 50.9 cm³/mol. The molecule has 0 aliphatic heterocycles. The van der Waals surface area contributed by atoms with E-state index in [0.29, 0.717) is 6.61 Å². The summed E-state index contributed by atoms with van der Waals surface area (Å²) >= 11 is 8.29. The summed E-state index contributed by atoms with van der Waals surface area (Å²) in [5, 5.41) is 0. The summed E-state index contributed by atoms with van der Waals surface area (Å²) in [4.78, 5) is 8.95. The Bertz CT molecular complexity index is 146. The Morgan fingerprint density at radius 2 is 2.00 bits per heavy atom. The largest absolute Gasteiger partial charge is 0.338 e. The molecule has 0 aromatic rings. The summed E-state index contributed by atoms with van der Waals surface area (Å²) in [6.07, 6.45) is 0. The molecule has 0 radical (unpaired) electrons. The monoisotopic (exact) mass is 200 g/mol. The Labute approximate surface area is 72.3 Å². The van der Waals surface area contributed by atoms with Crippen molar-refractivity contribution in [1.82, 2.24) is 0 Å². The molecule has 0 amide bonds. The minimum atomic E-state index is -2.73. The van der Waals surface area contributed by atoms with Crippen LogP contribution in [0.5, 0.6) is 0 Å². The molecule has 0 aromatic heterocycles. The minimum Gasteiger partial charge on any atom is -0.338 e. The van der Waals surface area contributed by atoms with Crippen molar-refractivity contribution in [3.8, 4) is 0 Å². The number of hydrogen-bond acceptors (Lipinski definition) is 2. The van der Waals surface area contributed by atoms with Crippen molar-refractivity contribution in [2.45, 2.75) is 20.8 Å². The molecule has 2 nitrogen and oxygen atoms in total. The summed E-state index contributed by atoms with van der Waals surface area (Å²) < 4.78 is 4.94. The highest BCUT2D eigenvalue weighted by Gasteiger charge is 2.14. The maximum absolute atomic E-state index is 8.95. The maximum atomic E-state index is 8.95. The van der Waals surface area contributed by atoms with Gasteiger partial charge in [-0.25, -0.2) is 0 Å². The van der Waals surface area contributed by atoms with Crippen molar-refractivity contribution in [2.24, 2.45) is 5.41 Å². The minimum absolute atomic E-state index is 0.0372. The molecule has 1 atom stereocenters. The van der Waals surface area contributed by atoms with E-state index in [-0.39, 0.29) is 5.41 Å². The Hall–Kier alpha value is 0.920. The molecule has 1 unspecified atom stereocenters. The van der Waals surface area contributed by atoms with Crippen LogP contribution in [0.1, 0.15) is 20.8 Å². The molecule has 0 heterocycles. The molecule has 0 fully saturated rings. The van der Waals surface area contributed by atoms with Gasteiger partial charge >= 0.3 is 0 Å². The van der Waals surface area contributed by atoms with E-state index < -0.39 is 5.69 Å². The summed E-state index contributed by atoms with van der Waals surface area (Å²) in [7, 11) is 0. The van der Waals surface area contributed by atoms with E-state index in [2.05, 4.69) is 24.1 Å². The van der Waals surface area contributed by atoms with Gasteiger partial charge in [-0.2, -0.15) is 0 Å². The maximum Gasteiger partial charge on any atom is 0.241 e. The first kappa shape index (κ1) is 10.9. The van der Waals surface area contributed by atoms with E-state index in [0.717, 1.165) is 0 Å². The molecular weight excluding hydrogens is 187 g/mol. The Morgan fingerprint density at radius 3 is 2.10 bits per heavy atom. The molecular formula is C5H13O2PS2. The molecule has 0 saturated heterocycles. The van der Waals surface area contributed by atoms with Crippen molar-refractivity contribution in [2.75, 3.05) is 6.61 Å². The van der Waals surface area contributed by atoms with Gasteiger partial charge in [-0.05, 0) is 17.2 Å². The van der Waals surface area contributed by atoms with E-state index >= 15 is 0 Å². The van der Waals surface area contributed by atoms with Crippen LogP contribution in [0.15, 0.2) is 0 Å². The summed E-state index contributed by atoms with van der Waals surface area (Å²) in [6, 6.07) is 0. The molecule has 0 aromatic carbocycles. The zero-order valence-corrected chi connectivity index (χ0v) is 8.97. The van der Waals surface area contributed by atoms with E-state index in [1.54, 1.807) is 0 Å². The first-order chi connectivity index (χ1) is 4.21. The zero-order chi connectivity index (χ0) is 8.41. The quantitative estimate of drug-likeness (QED) is 0.529. The highest BCUT2D eigenvalue weighted by atomic mass is 32.9. The fourth-order valence-corrected chi connectivity index (χ4v) is 1.16. The third-order valence-corrected chi connectivity index (χ3v) is 1.79. The van der Waals surface area contributed by atoms with Gasteiger partial charge in [-0.3, -0.25) is 0 Å². The fraction of sp³-hybridized carbons (Fsp3) is 1.00. The molecule has 62 valence electrons. The molecule has 0 bridgehead atoms. The second kappa shape index (κ2) is 3.55. The van der Waals surface area contributed by atoms with Crippen LogP contribution < -0.4 is 0 Å². The van der Waals surface area contributed by atoms with Gasteiger partial charge in [-0.1, -0.05) is 33.0 Å². The SMILES string of the molecule is CC(C)(C)COP(O)(=S)S. The van der Waals surface area contributed by atoms with Crippen LogP contribution in [0.2, 0.25) is 0 Å². The molecule has 0 saturated carbocycles. The second-order valence-corrected chi connectivity index (χ2v) is 8.49. The summed E-state index contributed by atoms with van der Waals surface area (Å²) in [5.41, 5.74) is -2.70. The molecule has 0 spiro atoms. The lowest BCUT2D eigenvalue weighted by Crippen LogP contribution is -2.12. The highest BCUT2D eigenvalue weighted by Crippen LogP contribution is 2.48. The molecule has 0 aliphatic carbocycles. The average molecular weight is 200 g/mol. The lowest BCUT2D eigenvalue weighted by Gasteiger charge is -2.19. The normalized spacial score (nSPS) is 18.5. The topological polar surface area (TPSA) is 29.5 Å². The van der Waals surface area contributed by atoms with Crippen molar-refractivity contribution in [3.63, 3.8) is 0 Å². The van der Waals surface area contributed by atoms with Crippen LogP contribution >= 0.6 is 17.9 Å². The van der Waals surface area contributed by atoms with Crippen LogP contribution in [-0.4, -0.2) is 11.5 Å². The lowest BCUT2D eigenvalue weighted by atomic mass is 9.99. The van der Waals surface area contributed by atoms with Crippen LogP contribution in [0.3, 0.4) is 0 Å². The van der Waals surface area contributed by atoms with Crippen LogP contribution in [-0.2, 0) is 16.3 Å². The van der Waals surface area contributed by atoms with E-state index in [4.69, 9.17) is 9.42 Å². The van der Waals surface area contributed by atoms with Gasteiger partial charge in [0.15, 0.2) is 0 Å². The Kier molecular flexibility index (Phi) is 3.87. The van der Waals surface area contributed by atoms with Crippen molar-refractivity contribution >= 4 is 29.7 Å². The van der Waals surface area contributed by atoms with Crippen LogP contribution in [0.4, 0.5) is 0 Å². The first-order valence-electron chi connectivity index (χ1n) is 2.91. The van der Waals surface area contributed by atoms with Gasteiger partial charge in [0.1, 0.15) is 0 Å². The van der Waals surface area contributed by atoms with Gasteiger partial charge in [-0.15, -0.1) is 0 Å². The summed E-state index contributed by atoms with van der Waals surface area (Å²) in [6.45, 7) is 6.47. The predicted octanol–water partition coefficient (Wildman–Crippen LogP) is 2.20. The zero-order valence-electron chi connectivity index (χ0n) is 6.37. The van der Waals surface area contributed by atoms with Crippen molar-refractivity contribution in [1.29, 1.82) is 0 Å². The molecule has 0 aliphatic rings. The van der Waals surface area contributed by atoms with E-state index in [1.807, 2.05) is 20.8 Å². The molecule has 5 heteroatoms. The number of rotatable bonds is 2. The van der Waals surface area contributed by atoms with Crippen molar-refractivity contribution in [3.05, 3.63) is 0 Å². The Morgan fingerprint density at radius 1 is 1.60 bits per heavy atom. The van der Waals surface area contributed by atoms with Crippen LogP contribution in [0, 0.1) is 5.41 Å². The molecule has 1 N–H and O–H groups in total. The van der Waals surface area contributed by atoms with Gasteiger partial charge in [0.2, 0.25) is 5.69 Å². The van der Waals surface area contributed by atoms with Gasteiger partial charge < -0.3 is 9.42 Å². The average Bonchev–Trinajstić information content (AvgIpc) is 1.57. The Balaban J connectivity index is 3.67. The smallest absolute Gasteiger partial charge is 0.241 e. The third kappa shape index (κ3) is 8.92. The lowest BCUT2D eigenvalue weighted by molar-refractivity contribution is 0.203. The molecule has 10 heavy (non-hydrogen) atoms. The highest BCUT2D eigenvalue weighted by molar-refractivity contribution is 8.59. The van der Waals surface area contributed by atoms with E-state index in [1.165, 1.54) is 0 Å².